The predicted octanol–water partition coefficient (Wildman–Crippen LogP) is 1.82. The first-order chi connectivity index (χ1) is 13.0. The van der Waals surface area contributed by atoms with Crippen molar-refractivity contribution in [1.29, 1.82) is 0 Å². The number of likely N-dealkylation sites (tertiary alicyclic amines) is 1. The molecule has 2 aromatic rings. The summed E-state index contributed by atoms with van der Waals surface area (Å²) in [5.74, 6) is -0.410. The Bertz CT molecular complexity index is 883. The van der Waals surface area contributed by atoms with Crippen molar-refractivity contribution in [3.63, 3.8) is 0 Å². The van der Waals surface area contributed by atoms with Gasteiger partial charge in [-0.25, -0.2) is 4.98 Å². The van der Waals surface area contributed by atoms with Crippen LogP contribution in [0.2, 0.25) is 0 Å². The van der Waals surface area contributed by atoms with Crippen molar-refractivity contribution in [3.8, 4) is 5.75 Å². The summed E-state index contributed by atoms with van der Waals surface area (Å²) in [4.78, 5) is 30.8. The van der Waals surface area contributed by atoms with E-state index in [1.807, 2.05) is 29.6 Å². The largest absolute Gasteiger partial charge is 0.493 e. The second-order valence-corrected chi connectivity index (χ2v) is 8.09. The maximum atomic E-state index is 12.7. The number of nitrogen functional groups attached to an aromatic ring is 1. The molecule has 3 heterocycles. The average Bonchev–Trinajstić information content (AvgIpc) is 3.19. The van der Waals surface area contributed by atoms with E-state index in [-0.39, 0.29) is 18.4 Å². The molecule has 1 aromatic heterocycles. The van der Waals surface area contributed by atoms with E-state index in [1.165, 1.54) is 11.3 Å². The third-order valence-corrected chi connectivity index (χ3v) is 6.28. The Balaban J connectivity index is 1.51. The van der Waals surface area contributed by atoms with Crippen LogP contribution in [0, 0.1) is 11.3 Å². The normalized spacial score (nSPS) is 23.9. The average molecular weight is 387 g/mol. The summed E-state index contributed by atoms with van der Waals surface area (Å²) in [7, 11) is 0. The van der Waals surface area contributed by atoms with Crippen molar-refractivity contribution >= 4 is 28.3 Å². The van der Waals surface area contributed by atoms with E-state index in [2.05, 4.69) is 4.98 Å². The summed E-state index contributed by atoms with van der Waals surface area (Å²) in [5.41, 5.74) is 6.30. The molecule has 1 saturated heterocycles. The Hall–Kier alpha value is -2.61. The van der Waals surface area contributed by atoms with E-state index in [1.54, 1.807) is 4.90 Å². The number of aliphatic carboxylic acids is 1. The smallest absolute Gasteiger partial charge is 0.312 e. The second-order valence-electron chi connectivity index (χ2n) is 7.21. The lowest BCUT2D eigenvalue weighted by atomic mass is 9.74. The molecule has 142 valence electrons. The molecule has 0 saturated carbocycles. The summed E-state index contributed by atoms with van der Waals surface area (Å²) >= 11 is 1.35. The number of aromatic nitrogens is 1. The Labute approximate surface area is 160 Å². The summed E-state index contributed by atoms with van der Waals surface area (Å²) in [6.07, 6.45) is 1.17. The fourth-order valence-electron chi connectivity index (χ4n) is 4.05. The molecule has 2 aliphatic heterocycles. The summed E-state index contributed by atoms with van der Waals surface area (Å²) < 4.78 is 5.87. The van der Waals surface area contributed by atoms with Crippen LogP contribution in [-0.2, 0) is 22.4 Å². The van der Waals surface area contributed by atoms with Gasteiger partial charge in [0, 0.05) is 30.8 Å². The highest BCUT2D eigenvalue weighted by Gasteiger charge is 2.55. The zero-order valence-corrected chi connectivity index (χ0v) is 15.6. The summed E-state index contributed by atoms with van der Waals surface area (Å²) in [6, 6.07) is 7.54. The molecule has 27 heavy (non-hydrogen) atoms. The zero-order valence-electron chi connectivity index (χ0n) is 14.8. The number of fused-ring (bicyclic) bond motifs is 2. The van der Waals surface area contributed by atoms with Gasteiger partial charge in [0.1, 0.15) is 5.75 Å². The SMILES string of the molecule is Nc1nc(CCC(=O)N2C[C@@H]3COc4ccccc4C[C@]3(C(=O)O)C2)cs1. The number of carbonyl (C=O) groups excluding carboxylic acids is 1. The van der Waals surface area contributed by atoms with Gasteiger partial charge in [0.15, 0.2) is 5.13 Å². The second kappa shape index (κ2) is 6.84. The van der Waals surface area contributed by atoms with E-state index in [0.717, 1.165) is 17.0 Å². The van der Waals surface area contributed by atoms with Crippen LogP contribution >= 0.6 is 11.3 Å². The number of ether oxygens (including phenoxy) is 1. The van der Waals surface area contributed by atoms with Crippen LogP contribution in [0.1, 0.15) is 17.7 Å². The quantitative estimate of drug-likeness (QED) is 0.829. The van der Waals surface area contributed by atoms with Gasteiger partial charge in [-0.1, -0.05) is 18.2 Å². The summed E-state index contributed by atoms with van der Waals surface area (Å²) in [5, 5.41) is 12.4. The van der Waals surface area contributed by atoms with Crippen LogP contribution in [0.25, 0.3) is 0 Å². The van der Waals surface area contributed by atoms with Crippen LogP contribution in [0.3, 0.4) is 0 Å². The lowest BCUT2D eigenvalue weighted by Gasteiger charge is -2.27. The number of carboxylic acids is 1. The molecular weight excluding hydrogens is 366 g/mol. The summed E-state index contributed by atoms with van der Waals surface area (Å²) in [6.45, 7) is 0.913. The van der Waals surface area contributed by atoms with Gasteiger partial charge >= 0.3 is 5.97 Å². The molecule has 0 bridgehead atoms. The number of carbonyl (C=O) groups is 2. The number of hydrogen-bond donors (Lipinski definition) is 2. The molecule has 0 unspecified atom stereocenters. The molecule has 8 heteroatoms. The third-order valence-electron chi connectivity index (χ3n) is 5.56. The Morgan fingerprint density at radius 2 is 2.22 bits per heavy atom. The number of anilines is 1. The van der Waals surface area contributed by atoms with Gasteiger partial charge < -0.3 is 20.5 Å². The molecule has 1 aromatic carbocycles. The first-order valence-corrected chi connectivity index (χ1v) is 9.78. The lowest BCUT2D eigenvalue weighted by Crippen LogP contribution is -2.42. The molecule has 4 rings (SSSR count). The standard InChI is InChI=1S/C19H21N3O4S/c20-18-21-14(10-27-18)5-6-16(23)22-8-13-9-26-15-4-2-1-3-12(15)7-19(13,11-22)17(24)25/h1-4,10,13H,5-9,11H2,(H2,20,21)(H,24,25)/t13-,19+/m1/s1. The minimum Gasteiger partial charge on any atom is -0.493 e. The van der Waals surface area contributed by atoms with E-state index in [9.17, 15) is 14.7 Å². The highest BCUT2D eigenvalue weighted by Crippen LogP contribution is 2.44. The Morgan fingerprint density at radius 3 is 2.96 bits per heavy atom. The van der Waals surface area contributed by atoms with E-state index >= 15 is 0 Å². The van der Waals surface area contributed by atoms with Crippen molar-refractivity contribution in [3.05, 3.63) is 40.9 Å². The third kappa shape index (κ3) is 3.25. The molecule has 0 spiro atoms. The van der Waals surface area contributed by atoms with Gasteiger partial charge in [-0.05, 0) is 24.5 Å². The maximum absolute atomic E-state index is 12.7. The topological polar surface area (TPSA) is 106 Å². The van der Waals surface area contributed by atoms with E-state index in [0.29, 0.717) is 37.5 Å². The van der Waals surface area contributed by atoms with Gasteiger partial charge in [-0.2, -0.15) is 0 Å². The maximum Gasteiger partial charge on any atom is 0.312 e. The molecule has 0 radical (unpaired) electrons. The number of para-hydroxylation sites is 1. The number of nitrogens with zero attached hydrogens (tertiary/aromatic N) is 2. The molecule has 1 amide bonds. The van der Waals surface area contributed by atoms with Gasteiger partial charge in [0.05, 0.1) is 17.7 Å². The predicted molar refractivity (Wildman–Crippen MR) is 101 cm³/mol. The number of benzene rings is 1. The van der Waals surface area contributed by atoms with Gasteiger partial charge in [0.2, 0.25) is 5.91 Å². The van der Waals surface area contributed by atoms with Crippen LogP contribution < -0.4 is 10.5 Å². The Morgan fingerprint density at radius 1 is 1.41 bits per heavy atom. The van der Waals surface area contributed by atoms with Crippen molar-refractivity contribution < 1.29 is 19.4 Å². The molecule has 7 nitrogen and oxygen atoms in total. The van der Waals surface area contributed by atoms with Crippen molar-refractivity contribution in [1.82, 2.24) is 9.88 Å². The zero-order chi connectivity index (χ0) is 19.0. The minimum atomic E-state index is -1.01. The first kappa shape index (κ1) is 17.8. The van der Waals surface area contributed by atoms with Crippen molar-refractivity contribution in [2.45, 2.75) is 19.3 Å². The van der Waals surface area contributed by atoms with Gasteiger partial charge in [0.25, 0.3) is 0 Å². The van der Waals surface area contributed by atoms with Gasteiger partial charge in [-0.3, -0.25) is 9.59 Å². The number of amides is 1. The number of thiazole rings is 1. The van der Waals surface area contributed by atoms with Gasteiger partial charge in [-0.15, -0.1) is 11.3 Å². The molecule has 2 aliphatic rings. The van der Waals surface area contributed by atoms with E-state index in [4.69, 9.17) is 10.5 Å². The van der Waals surface area contributed by atoms with Crippen LogP contribution in [0.15, 0.2) is 29.6 Å². The highest BCUT2D eigenvalue weighted by atomic mass is 32.1. The molecule has 3 N–H and O–H groups in total. The van der Waals surface area contributed by atoms with Crippen molar-refractivity contribution in [2.24, 2.45) is 11.3 Å². The number of rotatable bonds is 4. The highest BCUT2D eigenvalue weighted by molar-refractivity contribution is 7.13. The molecular formula is C19H21N3O4S. The molecule has 2 atom stereocenters. The molecule has 1 fully saturated rings. The fraction of sp³-hybridized carbons (Fsp3) is 0.421. The van der Waals surface area contributed by atoms with Crippen molar-refractivity contribution in [2.75, 3.05) is 25.4 Å². The Kier molecular flexibility index (Phi) is 4.51. The number of nitrogens with two attached hydrogens (primary N) is 1. The molecule has 0 aliphatic carbocycles. The first-order valence-electron chi connectivity index (χ1n) is 8.90. The monoisotopic (exact) mass is 387 g/mol. The number of carboxylic acid groups (broad SMARTS) is 1. The van der Waals surface area contributed by atoms with Crippen LogP contribution in [0.5, 0.6) is 5.75 Å². The number of aryl methyl sites for hydroxylation is 1. The van der Waals surface area contributed by atoms with Crippen LogP contribution in [-0.4, -0.2) is 46.6 Å². The number of hydrogen-bond acceptors (Lipinski definition) is 6. The fourth-order valence-corrected chi connectivity index (χ4v) is 4.64. The minimum absolute atomic E-state index is 0.0523. The lowest BCUT2D eigenvalue weighted by molar-refractivity contribution is -0.151. The van der Waals surface area contributed by atoms with Crippen LogP contribution in [0.4, 0.5) is 5.13 Å². The van der Waals surface area contributed by atoms with E-state index < -0.39 is 11.4 Å².